The van der Waals surface area contributed by atoms with Gasteiger partial charge in [-0.15, -0.1) is 0 Å². The minimum Gasteiger partial charge on any atom is -0.497 e. The summed E-state index contributed by atoms with van der Waals surface area (Å²) in [5.41, 5.74) is 0.971. The number of anilines is 2. The molecule has 1 aromatic carbocycles. The van der Waals surface area contributed by atoms with Gasteiger partial charge in [-0.3, -0.25) is 0 Å². The van der Waals surface area contributed by atoms with Crippen molar-refractivity contribution in [2.24, 2.45) is 0 Å². The Hall–Kier alpha value is -2.12. The maximum absolute atomic E-state index is 5.45. The second kappa shape index (κ2) is 8.49. The molecular formula is C21H32N6O. The molecule has 7 nitrogen and oxygen atoms in total. The SMILES string of the molecule is COc1ccc2nc(N3CCCN(C)CC3)nc(NC3CCN(C)CC3)c2c1. The predicted octanol–water partition coefficient (Wildman–Crippen LogP) is 2.29. The van der Waals surface area contributed by atoms with Gasteiger partial charge in [0.1, 0.15) is 11.6 Å². The first-order valence-corrected chi connectivity index (χ1v) is 10.4. The zero-order valence-electron chi connectivity index (χ0n) is 17.3. The summed E-state index contributed by atoms with van der Waals surface area (Å²) in [5.74, 6) is 2.61. The van der Waals surface area contributed by atoms with E-state index >= 15 is 0 Å². The maximum atomic E-state index is 5.45. The Labute approximate surface area is 167 Å². The van der Waals surface area contributed by atoms with Crippen LogP contribution in [0, 0.1) is 0 Å². The standard InChI is InChI=1S/C21H32N6O/c1-25-9-4-10-27(14-13-25)21-23-19-6-5-17(28-3)15-18(19)20(24-21)22-16-7-11-26(2)12-8-16/h5-6,15-16H,4,7-14H2,1-3H3,(H,22,23,24). The van der Waals surface area contributed by atoms with Crippen molar-refractivity contribution in [2.75, 3.05) is 70.7 Å². The lowest BCUT2D eigenvalue weighted by Gasteiger charge is -2.30. The number of fused-ring (bicyclic) bond motifs is 1. The van der Waals surface area contributed by atoms with Crippen molar-refractivity contribution in [1.29, 1.82) is 0 Å². The Morgan fingerprint density at radius 3 is 2.54 bits per heavy atom. The molecule has 2 saturated heterocycles. The van der Waals surface area contributed by atoms with Crippen molar-refractivity contribution in [3.63, 3.8) is 0 Å². The van der Waals surface area contributed by atoms with Gasteiger partial charge in [-0.05, 0) is 71.2 Å². The molecule has 152 valence electrons. The quantitative estimate of drug-likeness (QED) is 0.868. The third kappa shape index (κ3) is 4.31. The molecule has 0 saturated carbocycles. The third-order valence-corrected chi connectivity index (χ3v) is 5.95. The van der Waals surface area contributed by atoms with Gasteiger partial charge in [0.05, 0.1) is 12.6 Å². The lowest BCUT2D eigenvalue weighted by atomic mass is 10.1. The summed E-state index contributed by atoms with van der Waals surface area (Å²) in [6.45, 7) is 6.37. The number of rotatable bonds is 4. The molecule has 0 bridgehead atoms. The number of piperidine rings is 1. The maximum Gasteiger partial charge on any atom is 0.227 e. The summed E-state index contributed by atoms with van der Waals surface area (Å²) >= 11 is 0. The first kappa shape index (κ1) is 19.2. The van der Waals surface area contributed by atoms with Crippen LogP contribution in [0.3, 0.4) is 0 Å². The van der Waals surface area contributed by atoms with Gasteiger partial charge in [-0.25, -0.2) is 4.98 Å². The van der Waals surface area contributed by atoms with Crippen LogP contribution < -0.4 is 15.0 Å². The van der Waals surface area contributed by atoms with Crippen molar-refractivity contribution in [2.45, 2.75) is 25.3 Å². The second-order valence-electron chi connectivity index (χ2n) is 8.12. The number of likely N-dealkylation sites (tertiary alicyclic amines) is 1. The molecule has 1 N–H and O–H groups in total. The first-order chi connectivity index (χ1) is 13.6. The van der Waals surface area contributed by atoms with Crippen molar-refractivity contribution >= 4 is 22.7 Å². The van der Waals surface area contributed by atoms with Crippen LogP contribution in [0.4, 0.5) is 11.8 Å². The van der Waals surface area contributed by atoms with Gasteiger partial charge >= 0.3 is 0 Å². The van der Waals surface area contributed by atoms with E-state index in [4.69, 9.17) is 14.7 Å². The minimum absolute atomic E-state index is 0.448. The highest BCUT2D eigenvalue weighted by Crippen LogP contribution is 2.29. The lowest BCUT2D eigenvalue weighted by Crippen LogP contribution is -2.37. The molecule has 7 heteroatoms. The molecule has 3 heterocycles. The summed E-state index contributed by atoms with van der Waals surface area (Å²) in [6.07, 6.45) is 3.41. The van der Waals surface area contributed by atoms with Gasteiger partial charge in [0, 0.05) is 31.1 Å². The molecule has 2 aliphatic heterocycles. The summed E-state index contributed by atoms with van der Waals surface area (Å²) in [7, 11) is 6.08. The Morgan fingerprint density at radius 1 is 0.964 bits per heavy atom. The Morgan fingerprint density at radius 2 is 1.75 bits per heavy atom. The molecule has 28 heavy (non-hydrogen) atoms. The van der Waals surface area contributed by atoms with E-state index in [0.717, 1.165) is 86.9 Å². The second-order valence-corrected chi connectivity index (χ2v) is 8.12. The van der Waals surface area contributed by atoms with Crippen molar-refractivity contribution in [3.05, 3.63) is 18.2 Å². The van der Waals surface area contributed by atoms with Crippen molar-refractivity contribution in [1.82, 2.24) is 19.8 Å². The summed E-state index contributed by atoms with van der Waals surface area (Å²) < 4.78 is 5.45. The van der Waals surface area contributed by atoms with Crippen LogP contribution in [0.1, 0.15) is 19.3 Å². The first-order valence-electron chi connectivity index (χ1n) is 10.4. The van der Waals surface area contributed by atoms with Crippen LogP contribution in [-0.2, 0) is 0 Å². The van der Waals surface area contributed by atoms with Gasteiger partial charge in [-0.1, -0.05) is 0 Å². The largest absolute Gasteiger partial charge is 0.497 e. The fourth-order valence-electron chi connectivity index (χ4n) is 4.07. The average molecular weight is 385 g/mol. The number of nitrogens with one attached hydrogen (secondary N) is 1. The summed E-state index contributed by atoms with van der Waals surface area (Å²) in [5, 5.41) is 4.77. The van der Waals surface area contributed by atoms with E-state index in [2.05, 4.69) is 34.1 Å². The zero-order chi connectivity index (χ0) is 19.5. The van der Waals surface area contributed by atoms with Gasteiger partial charge in [0.2, 0.25) is 5.95 Å². The van der Waals surface area contributed by atoms with E-state index in [1.165, 1.54) is 0 Å². The number of aromatic nitrogens is 2. The number of benzene rings is 1. The number of hydrogen-bond acceptors (Lipinski definition) is 7. The molecule has 2 aromatic rings. The van der Waals surface area contributed by atoms with E-state index in [1.807, 2.05) is 18.2 Å². The molecule has 1 aromatic heterocycles. The van der Waals surface area contributed by atoms with Crippen LogP contribution in [0.5, 0.6) is 5.75 Å². The zero-order valence-corrected chi connectivity index (χ0v) is 17.3. The predicted molar refractivity (Wildman–Crippen MR) is 115 cm³/mol. The fourth-order valence-corrected chi connectivity index (χ4v) is 4.07. The van der Waals surface area contributed by atoms with E-state index in [9.17, 15) is 0 Å². The number of likely N-dealkylation sites (N-methyl/N-ethyl adjacent to an activating group) is 1. The number of methoxy groups -OCH3 is 1. The fraction of sp³-hybridized carbons (Fsp3) is 0.619. The van der Waals surface area contributed by atoms with Crippen LogP contribution in [0.25, 0.3) is 10.9 Å². The Kier molecular flexibility index (Phi) is 5.82. The molecule has 0 aliphatic carbocycles. The van der Waals surface area contributed by atoms with Crippen molar-refractivity contribution < 1.29 is 4.74 Å². The van der Waals surface area contributed by atoms with Gasteiger partial charge in [0.15, 0.2) is 0 Å². The Bertz CT molecular complexity index is 805. The molecule has 0 spiro atoms. The molecule has 2 aliphatic rings. The summed E-state index contributed by atoms with van der Waals surface area (Å²) in [6, 6.07) is 6.52. The Balaban J connectivity index is 1.67. The number of nitrogens with zero attached hydrogens (tertiary/aromatic N) is 5. The normalized spacial score (nSPS) is 20.3. The number of hydrogen-bond donors (Lipinski definition) is 1. The topological polar surface area (TPSA) is 56.8 Å². The van der Waals surface area contributed by atoms with E-state index in [1.54, 1.807) is 7.11 Å². The van der Waals surface area contributed by atoms with Crippen LogP contribution in [0.15, 0.2) is 18.2 Å². The lowest BCUT2D eigenvalue weighted by molar-refractivity contribution is 0.264. The molecule has 0 atom stereocenters. The average Bonchev–Trinajstić information content (AvgIpc) is 2.94. The van der Waals surface area contributed by atoms with Gasteiger partial charge in [-0.2, -0.15) is 4.98 Å². The highest BCUT2D eigenvalue weighted by Gasteiger charge is 2.21. The monoisotopic (exact) mass is 384 g/mol. The highest BCUT2D eigenvalue weighted by atomic mass is 16.5. The van der Waals surface area contributed by atoms with Crippen LogP contribution >= 0.6 is 0 Å². The third-order valence-electron chi connectivity index (χ3n) is 5.95. The van der Waals surface area contributed by atoms with Crippen molar-refractivity contribution in [3.8, 4) is 5.75 Å². The number of ether oxygens (including phenoxy) is 1. The van der Waals surface area contributed by atoms with Gasteiger partial charge in [0.25, 0.3) is 0 Å². The summed E-state index contributed by atoms with van der Waals surface area (Å²) in [4.78, 5) is 17.0. The van der Waals surface area contributed by atoms with Crippen LogP contribution in [0.2, 0.25) is 0 Å². The molecule has 0 unspecified atom stereocenters. The van der Waals surface area contributed by atoms with Gasteiger partial charge < -0.3 is 24.8 Å². The smallest absolute Gasteiger partial charge is 0.227 e. The van der Waals surface area contributed by atoms with E-state index in [-0.39, 0.29) is 0 Å². The van der Waals surface area contributed by atoms with E-state index in [0.29, 0.717) is 6.04 Å². The minimum atomic E-state index is 0.448. The molecule has 0 radical (unpaired) electrons. The molecular weight excluding hydrogens is 352 g/mol. The van der Waals surface area contributed by atoms with Crippen LogP contribution in [-0.4, -0.2) is 86.3 Å². The molecule has 4 rings (SSSR count). The van der Waals surface area contributed by atoms with E-state index < -0.39 is 0 Å². The molecule has 2 fully saturated rings. The highest BCUT2D eigenvalue weighted by molar-refractivity contribution is 5.91. The molecule has 0 amide bonds.